The largest absolute Gasteiger partial charge is 0.505 e. The van der Waals surface area contributed by atoms with Crippen molar-refractivity contribution in [2.75, 3.05) is 13.6 Å². The number of ketones is 1. The van der Waals surface area contributed by atoms with Crippen molar-refractivity contribution in [1.29, 1.82) is 0 Å². The van der Waals surface area contributed by atoms with E-state index in [1.54, 1.807) is 14.0 Å². The summed E-state index contributed by atoms with van der Waals surface area (Å²) >= 11 is 0. The van der Waals surface area contributed by atoms with Crippen LogP contribution in [0.15, 0.2) is 12.1 Å². The maximum atomic E-state index is 12.8. The highest BCUT2D eigenvalue weighted by molar-refractivity contribution is 5.99. The Kier molecular flexibility index (Phi) is 3.19. The van der Waals surface area contributed by atoms with E-state index in [4.69, 9.17) is 5.11 Å². The summed E-state index contributed by atoms with van der Waals surface area (Å²) in [5.74, 6) is -1.36. The monoisotopic (exact) mass is 197 g/mol. The summed E-state index contributed by atoms with van der Waals surface area (Å²) in [6, 6.07) is 2.31. The van der Waals surface area contributed by atoms with Crippen LogP contribution in [0.5, 0.6) is 5.75 Å². The zero-order valence-corrected chi connectivity index (χ0v) is 8.10. The van der Waals surface area contributed by atoms with Gasteiger partial charge in [-0.05, 0) is 31.7 Å². The molecule has 1 rings (SSSR count). The summed E-state index contributed by atoms with van der Waals surface area (Å²) in [6.07, 6.45) is 0. The van der Waals surface area contributed by atoms with Crippen LogP contribution in [0.4, 0.5) is 4.39 Å². The average Bonchev–Trinajstić information content (AvgIpc) is 2.11. The van der Waals surface area contributed by atoms with Gasteiger partial charge in [-0.2, -0.15) is 0 Å². The molecule has 0 unspecified atom stereocenters. The first kappa shape index (κ1) is 10.7. The lowest BCUT2D eigenvalue weighted by molar-refractivity contribution is 0.0992. The van der Waals surface area contributed by atoms with E-state index in [0.717, 1.165) is 12.1 Å². The number of nitrogens with one attached hydrogen (secondary N) is 1. The molecular weight excluding hydrogens is 185 g/mol. The van der Waals surface area contributed by atoms with Gasteiger partial charge in [-0.15, -0.1) is 0 Å². The number of phenols is 1. The number of likely N-dealkylation sites (N-methyl/N-ethyl adjacent to an activating group) is 1. The fraction of sp³-hybridized carbons (Fsp3) is 0.300. The summed E-state index contributed by atoms with van der Waals surface area (Å²) in [5, 5.41) is 11.8. The SMILES string of the molecule is CNCC(=O)c1cc(O)c(F)cc1C. The van der Waals surface area contributed by atoms with E-state index in [1.165, 1.54) is 0 Å². The maximum Gasteiger partial charge on any atom is 0.176 e. The normalized spacial score (nSPS) is 10.2. The van der Waals surface area contributed by atoms with Crippen LogP contribution in [-0.4, -0.2) is 24.5 Å². The molecule has 0 saturated carbocycles. The number of halogens is 1. The number of carbonyl (C=O) groups is 1. The highest BCUT2D eigenvalue weighted by Gasteiger charge is 2.11. The molecule has 2 N–H and O–H groups in total. The van der Waals surface area contributed by atoms with E-state index in [2.05, 4.69) is 5.32 Å². The van der Waals surface area contributed by atoms with Crippen LogP contribution in [0.3, 0.4) is 0 Å². The quantitative estimate of drug-likeness (QED) is 0.717. The molecule has 76 valence electrons. The Morgan fingerprint density at radius 2 is 2.21 bits per heavy atom. The van der Waals surface area contributed by atoms with Crippen LogP contribution >= 0.6 is 0 Å². The van der Waals surface area contributed by atoms with E-state index in [-0.39, 0.29) is 12.3 Å². The first-order valence-corrected chi connectivity index (χ1v) is 4.23. The molecule has 0 aliphatic carbocycles. The van der Waals surface area contributed by atoms with Gasteiger partial charge in [0.1, 0.15) is 0 Å². The maximum absolute atomic E-state index is 12.8. The van der Waals surface area contributed by atoms with Crippen LogP contribution in [0, 0.1) is 12.7 Å². The highest BCUT2D eigenvalue weighted by atomic mass is 19.1. The summed E-state index contributed by atoms with van der Waals surface area (Å²) in [5.41, 5.74) is 0.874. The van der Waals surface area contributed by atoms with Gasteiger partial charge in [0.2, 0.25) is 0 Å². The number of benzene rings is 1. The molecule has 0 radical (unpaired) electrons. The minimum atomic E-state index is -0.705. The van der Waals surface area contributed by atoms with Gasteiger partial charge in [0.25, 0.3) is 0 Å². The first-order chi connectivity index (χ1) is 6.56. The van der Waals surface area contributed by atoms with Crippen molar-refractivity contribution in [3.63, 3.8) is 0 Å². The molecule has 4 heteroatoms. The molecule has 0 atom stereocenters. The molecule has 0 spiro atoms. The Bertz CT molecular complexity index is 363. The molecule has 0 aromatic heterocycles. The van der Waals surface area contributed by atoms with Gasteiger partial charge in [-0.25, -0.2) is 4.39 Å². The predicted molar refractivity (Wildman–Crippen MR) is 51.1 cm³/mol. The van der Waals surface area contributed by atoms with Crippen molar-refractivity contribution in [2.45, 2.75) is 6.92 Å². The second-order valence-corrected chi connectivity index (χ2v) is 3.07. The minimum absolute atomic E-state index is 0.166. The van der Waals surface area contributed by atoms with Gasteiger partial charge in [0.05, 0.1) is 6.54 Å². The third-order valence-corrected chi connectivity index (χ3v) is 1.93. The third-order valence-electron chi connectivity index (χ3n) is 1.93. The molecule has 0 heterocycles. The molecule has 0 aliphatic heterocycles. The Labute approximate surface area is 81.6 Å². The number of hydrogen-bond donors (Lipinski definition) is 2. The molecule has 3 nitrogen and oxygen atoms in total. The molecule has 0 amide bonds. The third kappa shape index (κ3) is 2.09. The number of Topliss-reactive ketones (excluding diaryl/α,β-unsaturated/α-hetero) is 1. The fourth-order valence-corrected chi connectivity index (χ4v) is 1.22. The summed E-state index contributed by atoms with van der Waals surface area (Å²) in [6.45, 7) is 1.80. The Morgan fingerprint density at radius 3 is 2.79 bits per heavy atom. The molecule has 0 saturated heterocycles. The second kappa shape index (κ2) is 4.19. The van der Waals surface area contributed by atoms with Crippen molar-refractivity contribution in [1.82, 2.24) is 5.32 Å². The lowest BCUT2D eigenvalue weighted by Crippen LogP contribution is -2.19. The lowest BCUT2D eigenvalue weighted by Gasteiger charge is -2.05. The summed E-state index contributed by atoms with van der Waals surface area (Å²) < 4.78 is 12.8. The zero-order chi connectivity index (χ0) is 10.7. The van der Waals surface area contributed by atoms with Crippen molar-refractivity contribution in [2.24, 2.45) is 0 Å². The molecule has 14 heavy (non-hydrogen) atoms. The van der Waals surface area contributed by atoms with Gasteiger partial charge >= 0.3 is 0 Å². The van der Waals surface area contributed by atoms with Gasteiger partial charge < -0.3 is 10.4 Å². The van der Waals surface area contributed by atoms with Crippen molar-refractivity contribution in [3.05, 3.63) is 29.1 Å². The van der Waals surface area contributed by atoms with E-state index in [9.17, 15) is 9.18 Å². The number of hydrogen-bond acceptors (Lipinski definition) is 3. The predicted octanol–water partition coefficient (Wildman–Crippen LogP) is 1.24. The minimum Gasteiger partial charge on any atom is -0.505 e. The number of carbonyl (C=O) groups excluding carboxylic acids is 1. The van der Waals surface area contributed by atoms with Crippen LogP contribution < -0.4 is 5.32 Å². The first-order valence-electron chi connectivity index (χ1n) is 4.23. The van der Waals surface area contributed by atoms with Crippen molar-refractivity contribution < 1.29 is 14.3 Å². The molecule has 1 aromatic carbocycles. The van der Waals surface area contributed by atoms with Crippen LogP contribution in [0.2, 0.25) is 0 Å². The topological polar surface area (TPSA) is 49.3 Å². The van der Waals surface area contributed by atoms with E-state index in [1.807, 2.05) is 0 Å². The Hall–Kier alpha value is -1.42. The number of aryl methyl sites for hydroxylation is 1. The average molecular weight is 197 g/mol. The van der Waals surface area contributed by atoms with Gasteiger partial charge in [0, 0.05) is 5.56 Å². The number of aromatic hydroxyl groups is 1. The summed E-state index contributed by atoms with van der Waals surface area (Å²) in [7, 11) is 1.65. The number of phenolic OH excluding ortho intramolecular Hbond substituents is 1. The molecule has 0 fully saturated rings. The molecular formula is C10H12FNO2. The van der Waals surface area contributed by atoms with Crippen LogP contribution in [-0.2, 0) is 0 Å². The Morgan fingerprint density at radius 1 is 1.57 bits per heavy atom. The van der Waals surface area contributed by atoms with Crippen molar-refractivity contribution >= 4 is 5.78 Å². The molecule has 1 aromatic rings. The lowest BCUT2D eigenvalue weighted by atomic mass is 10.0. The second-order valence-electron chi connectivity index (χ2n) is 3.07. The van der Waals surface area contributed by atoms with Gasteiger partial charge in [-0.1, -0.05) is 0 Å². The van der Waals surface area contributed by atoms with Crippen molar-refractivity contribution in [3.8, 4) is 5.75 Å². The standard InChI is InChI=1S/C10H12FNO2/c1-6-3-8(11)9(13)4-7(6)10(14)5-12-2/h3-4,12-13H,5H2,1-2H3. The zero-order valence-electron chi connectivity index (χ0n) is 8.10. The smallest absolute Gasteiger partial charge is 0.176 e. The van der Waals surface area contributed by atoms with E-state index >= 15 is 0 Å². The molecule has 0 aliphatic rings. The Balaban J connectivity index is 3.09. The van der Waals surface area contributed by atoms with Crippen LogP contribution in [0.1, 0.15) is 15.9 Å². The van der Waals surface area contributed by atoms with Gasteiger partial charge in [0.15, 0.2) is 17.3 Å². The van der Waals surface area contributed by atoms with Gasteiger partial charge in [-0.3, -0.25) is 4.79 Å². The fourth-order valence-electron chi connectivity index (χ4n) is 1.22. The van der Waals surface area contributed by atoms with Crippen LogP contribution in [0.25, 0.3) is 0 Å². The highest BCUT2D eigenvalue weighted by Crippen LogP contribution is 2.20. The molecule has 0 bridgehead atoms. The summed E-state index contributed by atoms with van der Waals surface area (Å²) in [4.78, 5) is 11.4. The van der Waals surface area contributed by atoms with E-state index in [0.29, 0.717) is 11.1 Å². The number of rotatable bonds is 3. The van der Waals surface area contributed by atoms with E-state index < -0.39 is 11.6 Å².